The summed E-state index contributed by atoms with van der Waals surface area (Å²) >= 11 is 1.54. The van der Waals surface area contributed by atoms with Gasteiger partial charge < -0.3 is 14.2 Å². The lowest BCUT2D eigenvalue weighted by atomic mass is 10.2. The minimum absolute atomic E-state index is 0.0532. The SMILES string of the molecule is CC(C)N(C(=O)COC(=O)CCc1nc(-c2ccsc2)no1)c1ccccc1. The third-order valence-corrected chi connectivity index (χ3v) is 4.65. The van der Waals surface area contributed by atoms with Crippen LogP contribution < -0.4 is 4.90 Å². The van der Waals surface area contributed by atoms with Gasteiger partial charge in [-0.05, 0) is 37.4 Å². The zero-order valence-corrected chi connectivity index (χ0v) is 16.5. The Hall–Kier alpha value is -3.00. The van der Waals surface area contributed by atoms with Crippen LogP contribution in [0.15, 0.2) is 51.7 Å². The summed E-state index contributed by atoms with van der Waals surface area (Å²) in [4.78, 5) is 30.4. The molecule has 2 aromatic heterocycles. The van der Waals surface area contributed by atoms with Crippen molar-refractivity contribution in [1.82, 2.24) is 10.1 Å². The molecule has 0 bridgehead atoms. The topological polar surface area (TPSA) is 85.5 Å². The minimum atomic E-state index is -0.486. The van der Waals surface area contributed by atoms with Crippen molar-refractivity contribution >= 4 is 28.9 Å². The molecule has 3 aromatic rings. The second kappa shape index (κ2) is 9.27. The van der Waals surface area contributed by atoms with Gasteiger partial charge in [0.15, 0.2) is 6.61 Å². The van der Waals surface area contributed by atoms with Crippen molar-refractivity contribution in [2.24, 2.45) is 0 Å². The molecular weight excluding hydrogens is 378 g/mol. The number of aryl methyl sites for hydroxylation is 1. The summed E-state index contributed by atoms with van der Waals surface area (Å²) in [5.74, 6) is 0.0975. The minimum Gasteiger partial charge on any atom is -0.456 e. The summed E-state index contributed by atoms with van der Waals surface area (Å²) in [5.41, 5.74) is 1.65. The van der Waals surface area contributed by atoms with E-state index in [0.29, 0.717) is 11.7 Å². The van der Waals surface area contributed by atoms with Gasteiger partial charge in [-0.25, -0.2) is 0 Å². The van der Waals surface area contributed by atoms with E-state index in [4.69, 9.17) is 9.26 Å². The molecule has 3 rings (SSSR count). The van der Waals surface area contributed by atoms with Gasteiger partial charge in [0.25, 0.3) is 5.91 Å². The molecule has 8 heteroatoms. The maximum atomic E-state index is 12.5. The average molecular weight is 399 g/mol. The summed E-state index contributed by atoms with van der Waals surface area (Å²) in [6, 6.07) is 11.1. The quantitative estimate of drug-likeness (QED) is 0.537. The fourth-order valence-electron chi connectivity index (χ4n) is 2.68. The number of carbonyl (C=O) groups is 2. The Kier molecular flexibility index (Phi) is 6.54. The van der Waals surface area contributed by atoms with Crippen molar-refractivity contribution < 1.29 is 18.8 Å². The lowest BCUT2D eigenvalue weighted by Gasteiger charge is -2.26. The van der Waals surface area contributed by atoms with Gasteiger partial charge in [-0.2, -0.15) is 16.3 Å². The standard InChI is InChI=1S/C20H21N3O4S/c1-14(2)23(16-6-4-3-5-7-16)18(24)12-26-19(25)9-8-17-21-20(22-27-17)15-10-11-28-13-15/h3-7,10-11,13-14H,8-9,12H2,1-2H3. The van der Waals surface area contributed by atoms with E-state index < -0.39 is 5.97 Å². The van der Waals surface area contributed by atoms with E-state index in [1.807, 2.05) is 61.0 Å². The number of nitrogens with zero attached hydrogens (tertiary/aromatic N) is 3. The largest absolute Gasteiger partial charge is 0.456 e. The molecule has 0 N–H and O–H groups in total. The molecule has 0 spiro atoms. The highest BCUT2D eigenvalue weighted by Crippen LogP contribution is 2.19. The Morgan fingerprint density at radius 3 is 2.68 bits per heavy atom. The van der Waals surface area contributed by atoms with Crippen molar-refractivity contribution in [3.63, 3.8) is 0 Å². The monoisotopic (exact) mass is 399 g/mol. The zero-order chi connectivity index (χ0) is 19.9. The molecule has 28 heavy (non-hydrogen) atoms. The third-order valence-electron chi connectivity index (χ3n) is 3.97. The Bertz CT molecular complexity index is 907. The summed E-state index contributed by atoms with van der Waals surface area (Å²) in [7, 11) is 0. The summed E-state index contributed by atoms with van der Waals surface area (Å²) < 4.78 is 10.3. The maximum absolute atomic E-state index is 12.5. The zero-order valence-electron chi connectivity index (χ0n) is 15.7. The first kappa shape index (κ1) is 19.8. The Labute approximate surface area is 166 Å². The number of ether oxygens (including phenoxy) is 1. The van der Waals surface area contributed by atoms with Gasteiger partial charge in [0.05, 0.1) is 6.42 Å². The van der Waals surface area contributed by atoms with Crippen molar-refractivity contribution in [3.05, 3.63) is 53.0 Å². The number of amides is 1. The highest BCUT2D eigenvalue weighted by molar-refractivity contribution is 7.08. The molecule has 1 aromatic carbocycles. The first-order chi connectivity index (χ1) is 13.5. The molecule has 0 unspecified atom stereocenters. The second-order valence-electron chi connectivity index (χ2n) is 6.38. The summed E-state index contributed by atoms with van der Waals surface area (Å²) in [5, 5.41) is 7.74. The number of para-hydroxylation sites is 1. The van der Waals surface area contributed by atoms with E-state index in [0.717, 1.165) is 11.3 Å². The van der Waals surface area contributed by atoms with Crippen LogP contribution in [0.1, 0.15) is 26.2 Å². The van der Waals surface area contributed by atoms with Gasteiger partial charge in [0.2, 0.25) is 11.7 Å². The first-order valence-electron chi connectivity index (χ1n) is 8.92. The van der Waals surface area contributed by atoms with Crippen LogP contribution >= 0.6 is 11.3 Å². The van der Waals surface area contributed by atoms with Crippen molar-refractivity contribution in [2.45, 2.75) is 32.7 Å². The molecule has 0 aliphatic heterocycles. The lowest BCUT2D eigenvalue weighted by Crippen LogP contribution is -2.39. The van der Waals surface area contributed by atoms with Gasteiger partial charge in [0, 0.05) is 29.1 Å². The van der Waals surface area contributed by atoms with Gasteiger partial charge in [-0.3, -0.25) is 9.59 Å². The molecule has 0 atom stereocenters. The smallest absolute Gasteiger partial charge is 0.306 e. The number of hydrogen-bond acceptors (Lipinski definition) is 7. The first-order valence-corrected chi connectivity index (χ1v) is 9.86. The molecule has 0 radical (unpaired) electrons. The van der Waals surface area contributed by atoms with Gasteiger partial charge in [-0.1, -0.05) is 23.4 Å². The van der Waals surface area contributed by atoms with Crippen molar-refractivity contribution in [2.75, 3.05) is 11.5 Å². The molecule has 2 heterocycles. The number of rotatable bonds is 8. The molecule has 0 saturated heterocycles. The van der Waals surface area contributed by atoms with E-state index in [9.17, 15) is 9.59 Å². The van der Waals surface area contributed by atoms with Gasteiger partial charge in [0.1, 0.15) is 0 Å². The van der Waals surface area contributed by atoms with E-state index in [1.54, 1.807) is 16.2 Å². The van der Waals surface area contributed by atoms with Crippen LogP contribution in [0, 0.1) is 0 Å². The van der Waals surface area contributed by atoms with E-state index >= 15 is 0 Å². The van der Waals surface area contributed by atoms with Gasteiger partial charge >= 0.3 is 5.97 Å². The molecule has 0 saturated carbocycles. The molecular formula is C20H21N3O4S. The number of aromatic nitrogens is 2. The molecule has 0 aliphatic carbocycles. The van der Waals surface area contributed by atoms with Crippen LogP contribution in [0.25, 0.3) is 11.4 Å². The number of anilines is 1. The van der Waals surface area contributed by atoms with Crippen LogP contribution in [0.2, 0.25) is 0 Å². The number of esters is 1. The Morgan fingerprint density at radius 2 is 2.00 bits per heavy atom. The maximum Gasteiger partial charge on any atom is 0.306 e. The highest BCUT2D eigenvalue weighted by atomic mass is 32.1. The predicted octanol–water partition coefficient (Wildman–Crippen LogP) is 3.72. The fourth-order valence-corrected chi connectivity index (χ4v) is 3.31. The predicted molar refractivity (Wildman–Crippen MR) is 106 cm³/mol. The lowest BCUT2D eigenvalue weighted by molar-refractivity contribution is -0.148. The Balaban J connectivity index is 1.49. The normalized spacial score (nSPS) is 10.8. The number of thiophene rings is 1. The molecule has 0 aliphatic rings. The van der Waals surface area contributed by atoms with E-state index in [2.05, 4.69) is 10.1 Å². The molecule has 7 nitrogen and oxygen atoms in total. The van der Waals surface area contributed by atoms with Crippen LogP contribution in [-0.4, -0.2) is 34.7 Å². The highest BCUT2D eigenvalue weighted by Gasteiger charge is 2.20. The summed E-state index contributed by atoms with van der Waals surface area (Å²) in [6.45, 7) is 3.51. The number of carbonyl (C=O) groups excluding carboxylic acids is 2. The number of hydrogen-bond donors (Lipinski definition) is 0. The van der Waals surface area contributed by atoms with Crippen molar-refractivity contribution in [3.8, 4) is 11.4 Å². The fraction of sp³-hybridized carbons (Fsp3) is 0.300. The van der Waals surface area contributed by atoms with E-state index in [1.165, 1.54) is 0 Å². The van der Waals surface area contributed by atoms with E-state index in [-0.39, 0.29) is 31.4 Å². The Morgan fingerprint density at radius 1 is 1.21 bits per heavy atom. The van der Waals surface area contributed by atoms with Crippen LogP contribution in [0.3, 0.4) is 0 Å². The van der Waals surface area contributed by atoms with Crippen molar-refractivity contribution in [1.29, 1.82) is 0 Å². The van der Waals surface area contributed by atoms with Crippen LogP contribution in [0.5, 0.6) is 0 Å². The summed E-state index contributed by atoms with van der Waals surface area (Å²) in [6.07, 6.45) is 0.322. The van der Waals surface area contributed by atoms with Gasteiger partial charge in [-0.15, -0.1) is 0 Å². The third kappa shape index (κ3) is 5.04. The molecule has 146 valence electrons. The van der Waals surface area contributed by atoms with Crippen LogP contribution in [0.4, 0.5) is 5.69 Å². The number of benzene rings is 1. The average Bonchev–Trinajstić information content (AvgIpc) is 3.37. The van der Waals surface area contributed by atoms with Crippen LogP contribution in [-0.2, 0) is 20.7 Å². The molecule has 1 amide bonds. The second-order valence-corrected chi connectivity index (χ2v) is 7.16. The molecule has 0 fully saturated rings.